The van der Waals surface area contributed by atoms with Crippen LogP contribution in [-0.4, -0.2) is 54.9 Å². The van der Waals surface area contributed by atoms with Crippen molar-refractivity contribution in [2.45, 2.75) is 39.3 Å². The van der Waals surface area contributed by atoms with Crippen molar-refractivity contribution in [2.24, 2.45) is 5.92 Å². The van der Waals surface area contributed by atoms with Crippen molar-refractivity contribution in [1.82, 2.24) is 10.2 Å². The molecule has 0 rings (SSSR count). The van der Waals surface area contributed by atoms with E-state index in [-0.39, 0.29) is 18.0 Å². The second kappa shape index (κ2) is 7.92. The van der Waals surface area contributed by atoms with Crippen molar-refractivity contribution in [3.63, 3.8) is 0 Å². The fraction of sp³-hybridized carbons (Fsp3) is 0.833. The molecule has 0 fully saturated rings. The van der Waals surface area contributed by atoms with Crippen molar-refractivity contribution in [3.8, 4) is 0 Å². The number of nitrogens with zero attached hydrogens (tertiary/aromatic N) is 1. The van der Waals surface area contributed by atoms with Crippen LogP contribution in [0.15, 0.2) is 0 Å². The average Bonchev–Trinajstić information content (AvgIpc) is 2.28. The molecule has 6 heteroatoms. The van der Waals surface area contributed by atoms with E-state index in [0.29, 0.717) is 13.0 Å². The minimum absolute atomic E-state index is 0.128. The van der Waals surface area contributed by atoms with Gasteiger partial charge in [-0.25, -0.2) is 9.59 Å². The van der Waals surface area contributed by atoms with Crippen LogP contribution in [0.2, 0.25) is 0 Å². The molecule has 0 aliphatic rings. The number of hydrogen-bond acceptors (Lipinski definition) is 3. The van der Waals surface area contributed by atoms with Gasteiger partial charge in [0.25, 0.3) is 0 Å². The number of hydrogen-bond donors (Lipinski definition) is 2. The first-order chi connectivity index (χ1) is 8.34. The van der Waals surface area contributed by atoms with E-state index in [1.807, 2.05) is 13.8 Å². The Balaban J connectivity index is 4.58. The van der Waals surface area contributed by atoms with Gasteiger partial charge in [0.05, 0.1) is 12.6 Å². The summed E-state index contributed by atoms with van der Waals surface area (Å²) in [6, 6.07) is -1.32. The molecule has 0 aliphatic carbocycles. The summed E-state index contributed by atoms with van der Waals surface area (Å²) < 4.78 is 5.03. The van der Waals surface area contributed by atoms with Crippen LogP contribution < -0.4 is 5.32 Å². The second-order valence-electron chi connectivity index (χ2n) is 4.63. The summed E-state index contributed by atoms with van der Waals surface area (Å²) >= 11 is 0. The Morgan fingerprint density at radius 2 is 1.94 bits per heavy atom. The number of ether oxygens (including phenoxy) is 1. The van der Waals surface area contributed by atoms with E-state index in [9.17, 15) is 9.59 Å². The molecular formula is C12H24N2O4. The predicted octanol–water partition coefficient (Wildman–Crippen LogP) is 1.16. The maximum Gasteiger partial charge on any atom is 0.326 e. The number of urea groups is 1. The van der Waals surface area contributed by atoms with Crippen molar-refractivity contribution in [1.29, 1.82) is 0 Å². The summed E-state index contributed by atoms with van der Waals surface area (Å²) in [7, 11) is 3.05. The zero-order chi connectivity index (χ0) is 14.3. The smallest absolute Gasteiger partial charge is 0.326 e. The fourth-order valence-electron chi connectivity index (χ4n) is 1.60. The van der Waals surface area contributed by atoms with Crippen molar-refractivity contribution in [3.05, 3.63) is 0 Å². The summed E-state index contributed by atoms with van der Waals surface area (Å²) in [5.74, 6) is -0.782. The Morgan fingerprint density at radius 1 is 1.39 bits per heavy atom. The highest BCUT2D eigenvalue weighted by atomic mass is 16.5. The lowest BCUT2D eigenvalue weighted by atomic mass is 10.1. The largest absolute Gasteiger partial charge is 0.480 e. The Labute approximate surface area is 108 Å². The SMILES string of the molecule is CCC(C(=O)O)N(C)C(=O)NC(COC)C(C)C. The molecule has 0 aromatic carbocycles. The van der Waals surface area contributed by atoms with Crippen LogP contribution in [0.5, 0.6) is 0 Å². The van der Waals surface area contributed by atoms with Gasteiger partial charge in [0, 0.05) is 14.2 Å². The normalized spacial score (nSPS) is 14.1. The zero-order valence-corrected chi connectivity index (χ0v) is 11.8. The van der Waals surface area contributed by atoms with Gasteiger partial charge >= 0.3 is 12.0 Å². The molecule has 0 radical (unpaired) electrons. The first kappa shape index (κ1) is 16.7. The molecule has 0 aromatic heterocycles. The summed E-state index contributed by atoms with van der Waals surface area (Å²) in [6.45, 7) is 6.08. The summed E-state index contributed by atoms with van der Waals surface area (Å²) in [6.07, 6.45) is 0.371. The number of nitrogens with one attached hydrogen (secondary N) is 1. The van der Waals surface area contributed by atoms with Crippen LogP contribution >= 0.6 is 0 Å². The Morgan fingerprint density at radius 3 is 2.28 bits per heavy atom. The molecular weight excluding hydrogens is 236 g/mol. The van der Waals surface area contributed by atoms with Crippen LogP contribution in [0.4, 0.5) is 4.79 Å². The lowest BCUT2D eigenvalue weighted by molar-refractivity contribution is -0.141. The topological polar surface area (TPSA) is 78.9 Å². The standard InChI is InChI=1S/C12H24N2O4/c1-6-10(11(15)16)14(4)12(17)13-9(7-18-5)8(2)3/h8-10H,6-7H2,1-5H3,(H,13,17)(H,15,16). The Bertz CT molecular complexity index is 281. The van der Waals surface area contributed by atoms with Crippen LogP contribution in [0.25, 0.3) is 0 Å². The molecule has 2 N–H and O–H groups in total. The quantitative estimate of drug-likeness (QED) is 0.720. The summed E-state index contributed by atoms with van der Waals surface area (Å²) in [5.41, 5.74) is 0. The van der Waals surface area contributed by atoms with Crippen LogP contribution in [0, 0.1) is 5.92 Å². The molecule has 2 atom stereocenters. The highest BCUT2D eigenvalue weighted by molar-refractivity contribution is 5.82. The first-order valence-electron chi connectivity index (χ1n) is 6.10. The number of aliphatic carboxylic acids is 1. The van der Waals surface area contributed by atoms with Gasteiger partial charge in [0.1, 0.15) is 6.04 Å². The molecule has 18 heavy (non-hydrogen) atoms. The van der Waals surface area contributed by atoms with Gasteiger partial charge in [0.2, 0.25) is 0 Å². The molecule has 0 aliphatic heterocycles. The Hall–Kier alpha value is -1.30. The number of carbonyl (C=O) groups excluding carboxylic acids is 1. The molecule has 0 aromatic rings. The monoisotopic (exact) mass is 260 g/mol. The lowest BCUT2D eigenvalue weighted by Gasteiger charge is -2.28. The van der Waals surface area contributed by atoms with Gasteiger partial charge in [0.15, 0.2) is 0 Å². The second-order valence-corrected chi connectivity index (χ2v) is 4.63. The fourth-order valence-corrected chi connectivity index (χ4v) is 1.60. The average molecular weight is 260 g/mol. The number of likely N-dealkylation sites (N-methyl/N-ethyl adjacent to an activating group) is 1. The third-order valence-corrected chi connectivity index (χ3v) is 2.92. The third kappa shape index (κ3) is 4.91. The molecule has 2 amide bonds. The highest BCUT2D eigenvalue weighted by Crippen LogP contribution is 2.06. The molecule has 106 valence electrons. The molecule has 6 nitrogen and oxygen atoms in total. The van der Waals surface area contributed by atoms with Crippen molar-refractivity contribution < 1.29 is 19.4 Å². The van der Waals surface area contributed by atoms with Gasteiger partial charge in [-0.05, 0) is 12.3 Å². The minimum Gasteiger partial charge on any atom is -0.480 e. The number of amides is 2. The molecule has 0 saturated carbocycles. The first-order valence-corrected chi connectivity index (χ1v) is 6.10. The number of carboxylic acid groups (broad SMARTS) is 1. The van der Waals surface area contributed by atoms with Crippen molar-refractivity contribution in [2.75, 3.05) is 20.8 Å². The van der Waals surface area contributed by atoms with Gasteiger partial charge < -0.3 is 20.1 Å². The van der Waals surface area contributed by atoms with E-state index in [1.54, 1.807) is 14.0 Å². The molecule has 0 saturated heterocycles. The van der Waals surface area contributed by atoms with Crippen molar-refractivity contribution >= 4 is 12.0 Å². The van der Waals surface area contributed by atoms with Crippen LogP contribution in [0.1, 0.15) is 27.2 Å². The Kier molecular flexibility index (Phi) is 7.35. The maximum atomic E-state index is 11.9. The number of rotatable bonds is 7. The molecule has 0 spiro atoms. The zero-order valence-electron chi connectivity index (χ0n) is 11.8. The van der Waals surface area contributed by atoms with Crippen LogP contribution in [-0.2, 0) is 9.53 Å². The summed E-state index contributed by atoms with van der Waals surface area (Å²) in [4.78, 5) is 24.1. The lowest BCUT2D eigenvalue weighted by Crippen LogP contribution is -2.52. The highest BCUT2D eigenvalue weighted by Gasteiger charge is 2.26. The van der Waals surface area contributed by atoms with E-state index in [2.05, 4.69) is 5.32 Å². The molecule has 0 heterocycles. The number of methoxy groups -OCH3 is 1. The van der Waals surface area contributed by atoms with E-state index < -0.39 is 12.0 Å². The maximum absolute atomic E-state index is 11.9. The van der Waals surface area contributed by atoms with Crippen LogP contribution in [0.3, 0.4) is 0 Å². The summed E-state index contributed by atoms with van der Waals surface area (Å²) in [5, 5.41) is 11.8. The number of carbonyl (C=O) groups is 2. The molecule has 2 unspecified atom stereocenters. The van der Waals surface area contributed by atoms with E-state index in [0.717, 1.165) is 0 Å². The minimum atomic E-state index is -0.997. The van der Waals surface area contributed by atoms with E-state index in [4.69, 9.17) is 9.84 Å². The van der Waals surface area contributed by atoms with Gasteiger partial charge in [-0.3, -0.25) is 0 Å². The van der Waals surface area contributed by atoms with E-state index in [1.165, 1.54) is 11.9 Å². The van der Waals surface area contributed by atoms with Gasteiger partial charge in [-0.1, -0.05) is 20.8 Å². The predicted molar refractivity (Wildman–Crippen MR) is 68.5 cm³/mol. The number of carboxylic acids is 1. The van der Waals surface area contributed by atoms with Gasteiger partial charge in [-0.2, -0.15) is 0 Å². The van der Waals surface area contributed by atoms with E-state index >= 15 is 0 Å². The third-order valence-electron chi connectivity index (χ3n) is 2.92. The van der Waals surface area contributed by atoms with Gasteiger partial charge in [-0.15, -0.1) is 0 Å². The molecule has 0 bridgehead atoms.